The van der Waals surface area contributed by atoms with Gasteiger partial charge in [0, 0.05) is 42.5 Å². The number of sulfonamides is 1. The van der Waals surface area contributed by atoms with Gasteiger partial charge in [0.2, 0.25) is 15.9 Å². The molecule has 1 aliphatic rings. The Morgan fingerprint density at radius 1 is 1.18 bits per heavy atom. The standard InChI is InChI=1S/C18H22ClN3O4S2/c1-13-17(14(2)26-20-13)11-27-12-18(23)21-7-9-22(10-8-21)28(24,25)16-5-3-15(19)4-6-16/h3-6H,7-12H2,1-2H3. The van der Waals surface area contributed by atoms with Crippen molar-refractivity contribution in [3.63, 3.8) is 0 Å². The van der Waals surface area contributed by atoms with Crippen LogP contribution >= 0.6 is 23.4 Å². The summed E-state index contributed by atoms with van der Waals surface area (Å²) in [5, 5.41) is 4.40. The molecule has 3 rings (SSSR count). The van der Waals surface area contributed by atoms with Crippen LogP contribution < -0.4 is 0 Å². The van der Waals surface area contributed by atoms with Crippen LogP contribution in [0.3, 0.4) is 0 Å². The van der Waals surface area contributed by atoms with Crippen molar-refractivity contribution in [2.45, 2.75) is 24.5 Å². The SMILES string of the molecule is Cc1noc(C)c1CSCC(=O)N1CCN(S(=O)(=O)c2ccc(Cl)cc2)CC1. The Morgan fingerprint density at radius 3 is 2.39 bits per heavy atom. The molecule has 1 saturated heterocycles. The molecule has 0 unspecified atom stereocenters. The number of thioether (sulfide) groups is 1. The first-order valence-corrected chi connectivity index (χ1v) is 11.8. The van der Waals surface area contributed by atoms with E-state index in [9.17, 15) is 13.2 Å². The van der Waals surface area contributed by atoms with E-state index in [0.717, 1.165) is 17.0 Å². The number of amides is 1. The van der Waals surface area contributed by atoms with Crippen LogP contribution in [0.4, 0.5) is 0 Å². The molecular formula is C18H22ClN3O4S2. The highest BCUT2D eigenvalue weighted by atomic mass is 35.5. The maximum Gasteiger partial charge on any atom is 0.243 e. The second kappa shape index (κ2) is 8.86. The fourth-order valence-corrected chi connectivity index (χ4v) is 5.60. The monoisotopic (exact) mass is 443 g/mol. The fraction of sp³-hybridized carbons (Fsp3) is 0.444. The second-order valence-electron chi connectivity index (χ2n) is 6.53. The van der Waals surface area contributed by atoms with Gasteiger partial charge in [0.1, 0.15) is 5.76 Å². The minimum absolute atomic E-state index is 0.0142. The molecular weight excluding hydrogens is 422 g/mol. The van der Waals surface area contributed by atoms with Gasteiger partial charge < -0.3 is 9.42 Å². The Morgan fingerprint density at radius 2 is 1.82 bits per heavy atom. The lowest BCUT2D eigenvalue weighted by molar-refractivity contribution is -0.129. The zero-order valence-electron chi connectivity index (χ0n) is 15.7. The van der Waals surface area contributed by atoms with Gasteiger partial charge in [-0.2, -0.15) is 4.31 Å². The first-order chi connectivity index (χ1) is 13.3. The van der Waals surface area contributed by atoms with E-state index < -0.39 is 10.0 Å². The van der Waals surface area contributed by atoms with Crippen molar-refractivity contribution in [2.24, 2.45) is 0 Å². The number of halogens is 1. The molecule has 2 heterocycles. The zero-order valence-corrected chi connectivity index (χ0v) is 18.1. The third kappa shape index (κ3) is 4.71. The van der Waals surface area contributed by atoms with Crippen LogP contribution in [0.5, 0.6) is 0 Å². The summed E-state index contributed by atoms with van der Waals surface area (Å²) in [6.45, 7) is 5.08. The summed E-state index contributed by atoms with van der Waals surface area (Å²) in [4.78, 5) is 14.4. The van der Waals surface area contributed by atoms with Crippen LogP contribution in [0.15, 0.2) is 33.7 Å². The summed E-state index contributed by atoms with van der Waals surface area (Å²) in [5.41, 5.74) is 1.87. The molecule has 0 saturated carbocycles. The fourth-order valence-electron chi connectivity index (χ4n) is 2.97. The molecule has 0 radical (unpaired) electrons. The summed E-state index contributed by atoms with van der Waals surface area (Å²) < 4.78 is 31.9. The van der Waals surface area contributed by atoms with Gasteiger partial charge >= 0.3 is 0 Å². The van der Waals surface area contributed by atoms with Gasteiger partial charge in [-0.1, -0.05) is 16.8 Å². The van der Waals surface area contributed by atoms with Gasteiger partial charge in [-0.15, -0.1) is 11.8 Å². The van der Waals surface area contributed by atoms with Crippen LogP contribution in [0.1, 0.15) is 17.0 Å². The first-order valence-electron chi connectivity index (χ1n) is 8.82. The molecule has 28 heavy (non-hydrogen) atoms. The molecule has 1 aliphatic heterocycles. The van der Waals surface area contributed by atoms with Crippen molar-refractivity contribution < 1.29 is 17.7 Å². The smallest absolute Gasteiger partial charge is 0.243 e. The normalized spacial score (nSPS) is 15.8. The molecule has 1 amide bonds. The van der Waals surface area contributed by atoms with Crippen molar-refractivity contribution in [1.82, 2.24) is 14.4 Å². The van der Waals surface area contributed by atoms with Gasteiger partial charge in [0.25, 0.3) is 0 Å². The van der Waals surface area contributed by atoms with E-state index in [1.807, 2.05) is 13.8 Å². The van der Waals surface area contributed by atoms with E-state index in [1.54, 1.807) is 17.0 Å². The summed E-state index contributed by atoms with van der Waals surface area (Å²) in [6.07, 6.45) is 0. The molecule has 0 bridgehead atoms. The highest BCUT2D eigenvalue weighted by molar-refractivity contribution is 7.99. The van der Waals surface area contributed by atoms with Crippen LogP contribution in [-0.4, -0.2) is 60.6 Å². The van der Waals surface area contributed by atoms with Crippen molar-refractivity contribution in [3.8, 4) is 0 Å². The van der Waals surface area contributed by atoms with E-state index in [1.165, 1.54) is 28.2 Å². The average Bonchev–Trinajstić information content (AvgIpc) is 3.00. The number of benzene rings is 1. The third-order valence-electron chi connectivity index (χ3n) is 4.70. The van der Waals surface area contributed by atoms with Crippen LogP contribution in [0, 0.1) is 13.8 Å². The molecule has 7 nitrogen and oxygen atoms in total. The number of hydrogen-bond acceptors (Lipinski definition) is 6. The summed E-state index contributed by atoms with van der Waals surface area (Å²) in [5.74, 6) is 1.80. The Balaban J connectivity index is 1.50. The Hall–Kier alpha value is -1.55. The van der Waals surface area contributed by atoms with Crippen LogP contribution in [0.25, 0.3) is 0 Å². The minimum atomic E-state index is -3.57. The van der Waals surface area contributed by atoms with E-state index in [0.29, 0.717) is 29.6 Å². The molecule has 2 aromatic rings. The summed E-state index contributed by atoms with van der Waals surface area (Å²) in [7, 11) is -3.57. The number of aromatic nitrogens is 1. The van der Waals surface area contributed by atoms with Gasteiger partial charge in [-0.3, -0.25) is 4.79 Å². The highest BCUT2D eigenvalue weighted by Crippen LogP contribution is 2.22. The van der Waals surface area contributed by atoms with E-state index in [4.69, 9.17) is 16.1 Å². The lowest BCUT2D eigenvalue weighted by Gasteiger charge is -2.34. The molecule has 0 atom stereocenters. The zero-order chi connectivity index (χ0) is 20.3. The van der Waals surface area contributed by atoms with Crippen molar-refractivity contribution in [2.75, 3.05) is 31.9 Å². The topological polar surface area (TPSA) is 83.7 Å². The Kier molecular flexibility index (Phi) is 6.69. The predicted octanol–water partition coefficient (Wildman–Crippen LogP) is 2.71. The van der Waals surface area contributed by atoms with Gasteiger partial charge in [0.05, 0.1) is 16.3 Å². The number of piperazine rings is 1. The minimum Gasteiger partial charge on any atom is -0.361 e. The molecule has 152 valence electrons. The van der Waals surface area contributed by atoms with Crippen molar-refractivity contribution >= 4 is 39.3 Å². The number of aryl methyl sites for hydroxylation is 2. The van der Waals surface area contributed by atoms with Crippen LogP contribution in [-0.2, 0) is 20.6 Å². The molecule has 0 N–H and O–H groups in total. The third-order valence-corrected chi connectivity index (χ3v) is 7.80. The number of rotatable bonds is 6. The van der Waals surface area contributed by atoms with Gasteiger partial charge in [0.15, 0.2) is 0 Å². The predicted molar refractivity (Wildman–Crippen MR) is 109 cm³/mol. The summed E-state index contributed by atoms with van der Waals surface area (Å²) in [6, 6.07) is 6.12. The maximum atomic E-state index is 12.7. The van der Waals surface area contributed by atoms with Gasteiger partial charge in [-0.25, -0.2) is 8.42 Å². The van der Waals surface area contributed by atoms with Crippen LogP contribution in [0.2, 0.25) is 5.02 Å². The lowest BCUT2D eigenvalue weighted by atomic mass is 10.2. The second-order valence-corrected chi connectivity index (χ2v) is 9.89. The number of hydrogen-bond donors (Lipinski definition) is 0. The Bertz CT molecular complexity index is 917. The van der Waals surface area contributed by atoms with Crippen molar-refractivity contribution in [1.29, 1.82) is 0 Å². The van der Waals surface area contributed by atoms with E-state index >= 15 is 0 Å². The Labute approximate surface area is 174 Å². The lowest BCUT2D eigenvalue weighted by Crippen LogP contribution is -2.50. The molecule has 0 spiro atoms. The van der Waals surface area contributed by atoms with E-state index in [2.05, 4.69) is 5.16 Å². The maximum absolute atomic E-state index is 12.7. The average molecular weight is 444 g/mol. The molecule has 0 aliphatic carbocycles. The molecule has 1 aromatic heterocycles. The number of nitrogens with zero attached hydrogens (tertiary/aromatic N) is 3. The molecule has 1 fully saturated rings. The van der Waals surface area contributed by atoms with E-state index in [-0.39, 0.29) is 23.9 Å². The summed E-state index contributed by atoms with van der Waals surface area (Å²) >= 11 is 7.34. The number of carbonyl (C=O) groups is 1. The van der Waals surface area contributed by atoms with Gasteiger partial charge in [-0.05, 0) is 38.1 Å². The largest absolute Gasteiger partial charge is 0.361 e. The molecule has 10 heteroatoms. The first kappa shape index (κ1) is 21.2. The molecule has 1 aromatic carbocycles. The van der Waals surface area contributed by atoms with Crippen molar-refractivity contribution in [3.05, 3.63) is 46.3 Å². The quantitative estimate of drug-likeness (QED) is 0.682. The highest BCUT2D eigenvalue weighted by Gasteiger charge is 2.30. The number of carbonyl (C=O) groups excluding carboxylic acids is 1.